The van der Waals surface area contributed by atoms with Crippen LogP contribution in [0.5, 0.6) is 0 Å². The van der Waals surface area contributed by atoms with Crippen LogP contribution in [-0.2, 0) is 0 Å². The van der Waals surface area contributed by atoms with Crippen LogP contribution in [0.4, 0.5) is 0 Å². The lowest BCUT2D eigenvalue weighted by Gasteiger charge is -2.37. The Balaban J connectivity index is 1.89. The van der Waals surface area contributed by atoms with Crippen LogP contribution in [-0.4, -0.2) is 37.6 Å². The molecule has 2 aliphatic rings. The maximum absolute atomic E-state index is 3.76. The minimum Gasteiger partial charge on any atom is -0.316 e. The van der Waals surface area contributed by atoms with Crippen molar-refractivity contribution in [2.75, 3.05) is 26.7 Å². The molecule has 0 radical (unpaired) electrons. The van der Waals surface area contributed by atoms with E-state index in [0.717, 1.165) is 12.0 Å². The molecule has 2 aliphatic carbocycles. The Morgan fingerprint density at radius 1 is 1.11 bits per heavy atom. The van der Waals surface area contributed by atoms with Gasteiger partial charge < -0.3 is 10.2 Å². The van der Waals surface area contributed by atoms with Gasteiger partial charge in [0.15, 0.2) is 0 Å². The zero-order valence-corrected chi connectivity index (χ0v) is 13.4. The Kier molecular flexibility index (Phi) is 5.70. The number of rotatable bonds is 7. The topological polar surface area (TPSA) is 15.3 Å². The first-order valence-corrected chi connectivity index (χ1v) is 8.52. The summed E-state index contributed by atoms with van der Waals surface area (Å²) in [4.78, 5) is 2.66. The van der Waals surface area contributed by atoms with E-state index in [1.54, 1.807) is 0 Å². The standard InChI is InChI=1S/C17H34N2/c1-15(2)12-18-13-17(10-6-4-5-7-11-17)14-19(3)16-8-9-16/h15-16,18H,4-14H2,1-3H3. The highest BCUT2D eigenvalue weighted by Crippen LogP contribution is 2.37. The number of hydrogen-bond acceptors (Lipinski definition) is 2. The van der Waals surface area contributed by atoms with Crippen molar-refractivity contribution in [1.82, 2.24) is 10.2 Å². The first-order valence-electron chi connectivity index (χ1n) is 8.52. The predicted molar refractivity (Wildman–Crippen MR) is 83.5 cm³/mol. The maximum atomic E-state index is 3.76. The summed E-state index contributed by atoms with van der Waals surface area (Å²) >= 11 is 0. The fourth-order valence-electron chi connectivity index (χ4n) is 3.67. The zero-order valence-electron chi connectivity index (χ0n) is 13.4. The van der Waals surface area contributed by atoms with Crippen LogP contribution in [0.1, 0.15) is 65.2 Å². The van der Waals surface area contributed by atoms with E-state index in [9.17, 15) is 0 Å². The summed E-state index contributed by atoms with van der Waals surface area (Å²) < 4.78 is 0. The molecule has 0 aliphatic heterocycles. The summed E-state index contributed by atoms with van der Waals surface area (Å²) in [6.07, 6.45) is 11.6. The lowest BCUT2D eigenvalue weighted by atomic mass is 9.79. The third-order valence-electron chi connectivity index (χ3n) is 4.97. The Bertz CT molecular complexity index is 250. The monoisotopic (exact) mass is 266 g/mol. The van der Waals surface area contributed by atoms with Crippen LogP contribution in [0.15, 0.2) is 0 Å². The van der Waals surface area contributed by atoms with Gasteiger partial charge in [-0.25, -0.2) is 0 Å². The molecule has 0 saturated heterocycles. The van der Waals surface area contributed by atoms with Crippen LogP contribution >= 0.6 is 0 Å². The molecule has 2 rings (SSSR count). The Labute approximate surface area is 120 Å². The van der Waals surface area contributed by atoms with Gasteiger partial charge in [0.1, 0.15) is 0 Å². The molecule has 0 amide bonds. The summed E-state index contributed by atoms with van der Waals surface area (Å²) in [5.41, 5.74) is 0.558. The van der Waals surface area contributed by atoms with Crippen molar-refractivity contribution in [2.45, 2.75) is 71.3 Å². The van der Waals surface area contributed by atoms with Crippen LogP contribution in [0.25, 0.3) is 0 Å². The second-order valence-corrected chi connectivity index (χ2v) is 7.59. The van der Waals surface area contributed by atoms with Crippen LogP contribution < -0.4 is 5.32 Å². The van der Waals surface area contributed by atoms with Crippen LogP contribution in [0, 0.1) is 11.3 Å². The molecular weight excluding hydrogens is 232 g/mol. The molecule has 112 valence electrons. The van der Waals surface area contributed by atoms with Gasteiger partial charge in [0.2, 0.25) is 0 Å². The molecule has 0 bridgehead atoms. The molecule has 0 spiro atoms. The SMILES string of the molecule is CC(C)CNCC1(CN(C)C2CC2)CCCCCC1. The molecule has 19 heavy (non-hydrogen) atoms. The average molecular weight is 266 g/mol. The van der Waals surface area contributed by atoms with Gasteiger partial charge in [-0.1, -0.05) is 39.5 Å². The van der Waals surface area contributed by atoms with Crippen molar-refractivity contribution in [3.63, 3.8) is 0 Å². The largest absolute Gasteiger partial charge is 0.316 e. The molecule has 0 heterocycles. The molecule has 2 heteroatoms. The Morgan fingerprint density at radius 3 is 2.26 bits per heavy atom. The smallest absolute Gasteiger partial charge is 0.00936 e. The molecule has 1 N–H and O–H groups in total. The summed E-state index contributed by atoms with van der Waals surface area (Å²) in [7, 11) is 2.35. The van der Waals surface area contributed by atoms with Gasteiger partial charge in [-0.05, 0) is 50.6 Å². The summed E-state index contributed by atoms with van der Waals surface area (Å²) in [6, 6.07) is 0.908. The average Bonchev–Trinajstić information content (AvgIpc) is 3.15. The first-order chi connectivity index (χ1) is 9.11. The zero-order chi connectivity index (χ0) is 13.7. The predicted octanol–water partition coefficient (Wildman–Crippen LogP) is 3.67. The van der Waals surface area contributed by atoms with Crippen molar-refractivity contribution in [3.8, 4) is 0 Å². The van der Waals surface area contributed by atoms with Crippen LogP contribution in [0.2, 0.25) is 0 Å². The minimum atomic E-state index is 0.558. The Hall–Kier alpha value is -0.0800. The van der Waals surface area contributed by atoms with E-state index < -0.39 is 0 Å². The highest BCUT2D eigenvalue weighted by molar-refractivity contribution is 4.91. The summed E-state index contributed by atoms with van der Waals surface area (Å²) in [5.74, 6) is 0.768. The van der Waals surface area contributed by atoms with Gasteiger partial charge in [0.25, 0.3) is 0 Å². The molecular formula is C17H34N2. The summed E-state index contributed by atoms with van der Waals surface area (Å²) in [6.45, 7) is 8.35. The number of nitrogens with one attached hydrogen (secondary N) is 1. The van der Waals surface area contributed by atoms with E-state index >= 15 is 0 Å². The molecule has 0 aromatic carbocycles. The fraction of sp³-hybridized carbons (Fsp3) is 1.00. The van der Waals surface area contributed by atoms with Gasteiger partial charge >= 0.3 is 0 Å². The van der Waals surface area contributed by atoms with Crippen molar-refractivity contribution >= 4 is 0 Å². The third-order valence-corrected chi connectivity index (χ3v) is 4.97. The van der Waals surface area contributed by atoms with E-state index in [0.29, 0.717) is 5.41 Å². The van der Waals surface area contributed by atoms with Gasteiger partial charge in [0, 0.05) is 19.1 Å². The quantitative estimate of drug-likeness (QED) is 0.707. The van der Waals surface area contributed by atoms with Gasteiger partial charge in [-0.2, -0.15) is 0 Å². The number of hydrogen-bond donors (Lipinski definition) is 1. The van der Waals surface area contributed by atoms with E-state index in [2.05, 4.69) is 31.1 Å². The molecule has 0 aromatic heterocycles. The second kappa shape index (κ2) is 7.08. The van der Waals surface area contributed by atoms with Crippen molar-refractivity contribution in [3.05, 3.63) is 0 Å². The Morgan fingerprint density at radius 2 is 1.74 bits per heavy atom. The van der Waals surface area contributed by atoms with E-state index in [1.165, 1.54) is 71.0 Å². The number of nitrogens with zero attached hydrogens (tertiary/aromatic N) is 1. The molecule has 2 fully saturated rings. The molecule has 2 nitrogen and oxygen atoms in total. The van der Waals surface area contributed by atoms with Crippen molar-refractivity contribution in [2.24, 2.45) is 11.3 Å². The lowest BCUT2D eigenvalue weighted by Crippen LogP contribution is -2.44. The van der Waals surface area contributed by atoms with E-state index in [4.69, 9.17) is 0 Å². The van der Waals surface area contributed by atoms with Crippen molar-refractivity contribution < 1.29 is 0 Å². The molecule has 0 unspecified atom stereocenters. The highest BCUT2D eigenvalue weighted by atomic mass is 15.2. The maximum Gasteiger partial charge on any atom is 0.00936 e. The lowest BCUT2D eigenvalue weighted by molar-refractivity contribution is 0.140. The third kappa shape index (κ3) is 5.07. The fourth-order valence-corrected chi connectivity index (χ4v) is 3.67. The normalized spacial score (nSPS) is 23.8. The molecule has 0 atom stereocenters. The van der Waals surface area contributed by atoms with Gasteiger partial charge in [0.05, 0.1) is 0 Å². The van der Waals surface area contributed by atoms with Gasteiger partial charge in [-0.15, -0.1) is 0 Å². The first kappa shape index (κ1) is 15.3. The molecule has 0 aromatic rings. The van der Waals surface area contributed by atoms with E-state index in [1.807, 2.05) is 0 Å². The molecule has 2 saturated carbocycles. The van der Waals surface area contributed by atoms with Crippen molar-refractivity contribution in [1.29, 1.82) is 0 Å². The van der Waals surface area contributed by atoms with E-state index in [-0.39, 0.29) is 0 Å². The minimum absolute atomic E-state index is 0.558. The summed E-state index contributed by atoms with van der Waals surface area (Å²) in [5, 5.41) is 3.76. The highest BCUT2D eigenvalue weighted by Gasteiger charge is 2.36. The van der Waals surface area contributed by atoms with Gasteiger partial charge in [-0.3, -0.25) is 0 Å². The van der Waals surface area contributed by atoms with Crippen LogP contribution in [0.3, 0.4) is 0 Å². The second-order valence-electron chi connectivity index (χ2n) is 7.59.